The standard InChI is InChI=1S/C10H12ClN5O2S/c1-6(10-13-2-3-14-10)16-19(17,18)7-4-8(11)9(12)15-5-7/h2-6,16H,1H3,(H2,12,15)(H,13,14). The molecule has 2 aromatic heterocycles. The third-order valence-corrected chi connectivity index (χ3v) is 4.23. The van der Waals surface area contributed by atoms with E-state index >= 15 is 0 Å². The maximum Gasteiger partial charge on any atom is 0.242 e. The zero-order chi connectivity index (χ0) is 14.0. The molecule has 0 aliphatic rings. The predicted molar refractivity (Wildman–Crippen MR) is 71.0 cm³/mol. The molecule has 0 aliphatic carbocycles. The SMILES string of the molecule is CC(NS(=O)(=O)c1cnc(N)c(Cl)c1)c1ncc[nH]1. The smallest absolute Gasteiger partial charge is 0.242 e. The van der Waals surface area contributed by atoms with Crippen molar-refractivity contribution in [2.75, 3.05) is 5.73 Å². The van der Waals surface area contributed by atoms with Crippen LogP contribution in [0.2, 0.25) is 5.02 Å². The van der Waals surface area contributed by atoms with E-state index in [9.17, 15) is 8.42 Å². The lowest BCUT2D eigenvalue weighted by atomic mass is 10.3. The van der Waals surface area contributed by atoms with Crippen molar-refractivity contribution in [2.45, 2.75) is 17.9 Å². The number of nitrogens with zero attached hydrogens (tertiary/aromatic N) is 2. The van der Waals surface area contributed by atoms with E-state index < -0.39 is 16.1 Å². The lowest BCUT2D eigenvalue weighted by Crippen LogP contribution is -2.27. The number of nitrogens with one attached hydrogen (secondary N) is 2. The molecule has 102 valence electrons. The number of H-pyrrole nitrogens is 1. The number of aromatic nitrogens is 3. The number of halogens is 1. The fraction of sp³-hybridized carbons (Fsp3) is 0.200. The van der Waals surface area contributed by atoms with Gasteiger partial charge in [0.25, 0.3) is 0 Å². The summed E-state index contributed by atoms with van der Waals surface area (Å²) in [6.07, 6.45) is 4.31. The molecule has 1 atom stereocenters. The fourth-order valence-electron chi connectivity index (χ4n) is 1.45. The molecular formula is C10H12ClN5O2S. The van der Waals surface area contributed by atoms with Gasteiger partial charge in [0.1, 0.15) is 16.5 Å². The molecule has 0 amide bonds. The topological polar surface area (TPSA) is 114 Å². The summed E-state index contributed by atoms with van der Waals surface area (Å²) in [5, 5.41) is 0.0912. The molecule has 1 unspecified atom stereocenters. The van der Waals surface area contributed by atoms with Gasteiger partial charge in [-0.25, -0.2) is 23.1 Å². The Kier molecular flexibility index (Phi) is 3.74. The number of anilines is 1. The summed E-state index contributed by atoms with van der Waals surface area (Å²) in [7, 11) is -3.74. The highest BCUT2D eigenvalue weighted by Crippen LogP contribution is 2.21. The predicted octanol–water partition coefficient (Wildman–Crippen LogP) is 1.08. The Morgan fingerprint density at radius 1 is 1.47 bits per heavy atom. The maximum absolute atomic E-state index is 12.1. The van der Waals surface area contributed by atoms with Crippen LogP contribution in [0.1, 0.15) is 18.8 Å². The van der Waals surface area contributed by atoms with Gasteiger partial charge in [-0.1, -0.05) is 11.6 Å². The number of hydrogen-bond acceptors (Lipinski definition) is 5. The minimum absolute atomic E-state index is 0.0508. The summed E-state index contributed by atoms with van der Waals surface area (Å²) in [5.74, 6) is 0.595. The normalized spacial score (nSPS) is 13.4. The molecule has 9 heteroatoms. The molecule has 7 nitrogen and oxygen atoms in total. The van der Waals surface area contributed by atoms with E-state index in [4.69, 9.17) is 17.3 Å². The summed E-state index contributed by atoms with van der Waals surface area (Å²) in [4.78, 5) is 10.5. The monoisotopic (exact) mass is 301 g/mol. The molecule has 2 rings (SSSR count). The highest BCUT2D eigenvalue weighted by molar-refractivity contribution is 7.89. The number of pyridine rings is 1. The summed E-state index contributed by atoms with van der Waals surface area (Å²) in [5.41, 5.74) is 5.44. The molecule has 0 saturated heterocycles. The first-order valence-electron chi connectivity index (χ1n) is 5.33. The number of hydrogen-bond donors (Lipinski definition) is 3. The molecule has 0 aromatic carbocycles. The molecule has 2 heterocycles. The van der Waals surface area contributed by atoms with Gasteiger partial charge in [-0.05, 0) is 13.0 Å². The zero-order valence-corrected chi connectivity index (χ0v) is 11.5. The van der Waals surface area contributed by atoms with E-state index in [0.717, 1.165) is 6.20 Å². The number of aromatic amines is 1. The lowest BCUT2D eigenvalue weighted by Gasteiger charge is -2.12. The van der Waals surface area contributed by atoms with Gasteiger partial charge in [0.15, 0.2) is 0 Å². The number of imidazole rings is 1. The Morgan fingerprint density at radius 3 is 2.79 bits per heavy atom. The van der Waals surface area contributed by atoms with Crippen molar-refractivity contribution in [3.63, 3.8) is 0 Å². The van der Waals surface area contributed by atoms with Gasteiger partial charge < -0.3 is 10.7 Å². The van der Waals surface area contributed by atoms with Crippen LogP contribution in [0.15, 0.2) is 29.6 Å². The summed E-state index contributed by atoms with van der Waals surface area (Å²) in [6.45, 7) is 1.67. The third-order valence-electron chi connectivity index (χ3n) is 2.42. The van der Waals surface area contributed by atoms with E-state index in [0.29, 0.717) is 5.82 Å². The van der Waals surface area contributed by atoms with Gasteiger partial charge in [0, 0.05) is 18.6 Å². The zero-order valence-electron chi connectivity index (χ0n) is 9.96. The third kappa shape index (κ3) is 3.03. The van der Waals surface area contributed by atoms with Crippen LogP contribution in [0.25, 0.3) is 0 Å². The molecular weight excluding hydrogens is 290 g/mol. The molecule has 4 N–H and O–H groups in total. The van der Waals surface area contributed by atoms with Crippen LogP contribution in [0.5, 0.6) is 0 Å². The number of rotatable bonds is 4. The van der Waals surface area contributed by atoms with Gasteiger partial charge in [-0.15, -0.1) is 0 Å². The Bertz CT molecular complexity index is 671. The van der Waals surface area contributed by atoms with Crippen molar-refractivity contribution >= 4 is 27.4 Å². The molecule has 0 radical (unpaired) electrons. The second kappa shape index (κ2) is 5.16. The second-order valence-corrected chi connectivity index (χ2v) is 5.98. The van der Waals surface area contributed by atoms with Crippen molar-refractivity contribution in [1.29, 1.82) is 0 Å². The van der Waals surface area contributed by atoms with Crippen molar-refractivity contribution in [3.8, 4) is 0 Å². The van der Waals surface area contributed by atoms with Crippen LogP contribution in [0.3, 0.4) is 0 Å². The van der Waals surface area contributed by atoms with Gasteiger partial charge in [-0.2, -0.15) is 0 Å². The van der Waals surface area contributed by atoms with Gasteiger partial charge in [0.05, 0.1) is 11.1 Å². The van der Waals surface area contributed by atoms with Gasteiger partial charge in [0.2, 0.25) is 10.0 Å². The maximum atomic E-state index is 12.1. The van der Waals surface area contributed by atoms with E-state index in [2.05, 4.69) is 19.7 Å². The highest BCUT2D eigenvalue weighted by Gasteiger charge is 2.20. The molecule has 0 bridgehead atoms. The average molecular weight is 302 g/mol. The Hall–Kier alpha value is -1.64. The van der Waals surface area contributed by atoms with E-state index in [-0.39, 0.29) is 15.7 Å². The van der Waals surface area contributed by atoms with Crippen molar-refractivity contribution in [1.82, 2.24) is 19.7 Å². The lowest BCUT2D eigenvalue weighted by molar-refractivity contribution is 0.561. The summed E-state index contributed by atoms with van der Waals surface area (Å²) in [6, 6.07) is 0.748. The largest absolute Gasteiger partial charge is 0.382 e. The average Bonchev–Trinajstić information content (AvgIpc) is 2.85. The Balaban J connectivity index is 2.25. The quantitative estimate of drug-likeness (QED) is 0.782. The molecule has 0 aliphatic heterocycles. The van der Waals surface area contributed by atoms with Crippen molar-refractivity contribution < 1.29 is 8.42 Å². The second-order valence-electron chi connectivity index (χ2n) is 3.86. The van der Waals surface area contributed by atoms with Crippen LogP contribution < -0.4 is 10.5 Å². The van der Waals surface area contributed by atoms with Crippen LogP contribution in [0.4, 0.5) is 5.82 Å². The number of nitrogen functional groups attached to an aromatic ring is 1. The molecule has 0 fully saturated rings. The molecule has 0 spiro atoms. The van der Waals surface area contributed by atoms with E-state index in [1.807, 2.05) is 0 Å². The van der Waals surface area contributed by atoms with Crippen LogP contribution in [0, 0.1) is 0 Å². The highest BCUT2D eigenvalue weighted by atomic mass is 35.5. The molecule has 2 aromatic rings. The van der Waals surface area contributed by atoms with Crippen LogP contribution in [-0.4, -0.2) is 23.4 Å². The van der Waals surface area contributed by atoms with Crippen molar-refractivity contribution in [2.24, 2.45) is 0 Å². The van der Waals surface area contributed by atoms with E-state index in [1.54, 1.807) is 19.3 Å². The summed E-state index contributed by atoms with van der Waals surface area (Å²) < 4.78 is 26.7. The van der Waals surface area contributed by atoms with Gasteiger partial charge >= 0.3 is 0 Å². The van der Waals surface area contributed by atoms with Crippen LogP contribution >= 0.6 is 11.6 Å². The van der Waals surface area contributed by atoms with Crippen molar-refractivity contribution in [3.05, 3.63) is 35.5 Å². The van der Waals surface area contributed by atoms with E-state index in [1.165, 1.54) is 6.07 Å². The van der Waals surface area contributed by atoms with Gasteiger partial charge in [-0.3, -0.25) is 0 Å². The molecule has 0 saturated carbocycles. The fourth-order valence-corrected chi connectivity index (χ4v) is 2.86. The Labute approximate surface area is 115 Å². The minimum Gasteiger partial charge on any atom is -0.382 e. The first kappa shape index (κ1) is 13.8. The number of nitrogens with two attached hydrogens (primary N) is 1. The molecule has 19 heavy (non-hydrogen) atoms. The van der Waals surface area contributed by atoms with Crippen LogP contribution in [-0.2, 0) is 10.0 Å². The minimum atomic E-state index is -3.74. The first-order chi connectivity index (χ1) is 8.90. The first-order valence-corrected chi connectivity index (χ1v) is 7.19. The number of sulfonamides is 1. The Morgan fingerprint density at radius 2 is 2.21 bits per heavy atom. The summed E-state index contributed by atoms with van der Waals surface area (Å²) >= 11 is 5.76.